The number of carbonyl (C=O) groups is 1. The molecule has 0 unspecified atom stereocenters. The van der Waals surface area contributed by atoms with Gasteiger partial charge in [-0.3, -0.25) is 4.79 Å². The highest BCUT2D eigenvalue weighted by molar-refractivity contribution is 8.00. The molecule has 0 aliphatic carbocycles. The van der Waals surface area contributed by atoms with Gasteiger partial charge in [0.1, 0.15) is 5.75 Å². The van der Waals surface area contributed by atoms with Gasteiger partial charge >= 0.3 is 0 Å². The number of rotatable bonds is 5. The van der Waals surface area contributed by atoms with Gasteiger partial charge in [-0.25, -0.2) is 0 Å². The summed E-state index contributed by atoms with van der Waals surface area (Å²) in [5, 5.41) is 0.994. The molecule has 0 aliphatic rings. The Kier molecular flexibility index (Phi) is 5.35. The summed E-state index contributed by atoms with van der Waals surface area (Å²) in [7, 11) is 1.55. The molecular formula is C15H12Cl2O2S. The lowest BCUT2D eigenvalue weighted by atomic mass is 10.1. The fourth-order valence-corrected chi connectivity index (χ4v) is 2.85. The Labute approximate surface area is 132 Å². The zero-order valence-electron chi connectivity index (χ0n) is 10.7. The number of ether oxygens (including phenoxy) is 1. The molecule has 0 radical (unpaired) electrons. The van der Waals surface area contributed by atoms with E-state index < -0.39 is 0 Å². The summed E-state index contributed by atoms with van der Waals surface area (Å²) in [5.74, 6) is 0.920. The normalized spacial score (nSPS) is 10.3. The molecule has 104 valence electrons. The maximum Gasteiger partial charge on any atom is 0.176 e. The number of methoxy groups -OCH3 is 1. The first-order valence-corrected chi connectivity index (χ1v) is 7.60. The van der Waals surface area contributed by atoms with Crippen molar-refractivity contribution in [1.29, 1.82) is 0 Å². The lowest BCUT2D eigenvalue weighted by molar-refractivity contribution is 0.101. The molecule has 0 bridgehead atoms. The number of carbonyl (C=O) groups excluding carboxylic acids is 1. The Morgan fingerprint density at radius 1 is 1.15 bits per heavy atom. The molecule has 0 aliphatic heterocycles. The summed E-state index contributed by atoms with van der Waals surface area (Å²) in [5.41, 5.74) is 0.586. The summed E-state index contributed by atoms with van der Waals surface area (Å²) < 4.78 is 5.18. The molecule has 0 N–H and O–H groups in total. The Morgan fingerprint density at radius 2 is 1.90 bits per heavy atom. The number of ketones is 1. The Morgan fingerprint density at radius 3 is 2.60 bits per heavy atom. The third kappa shape index (κ3) is 3.69. The summed E-state index contributed by atoms with van der Waals surface area (Å²) >= 11 is 13.2. The number of hydrogen-bond acceptors (Lipinski definition) is 3. The average Bonchev–Trinajstić information content (AvgIpc) is 2.48. The molecule has 0 saturated heterocycles. The molecule has 2 rings (SSSR count). The minimum atomic E-state index is 0.0125. The number of thioether (sulfide) groups is 1. The Hall–Kier alpha value is -1.16. The lowest BCUT2D eigenvalue weighted by Gasteiger charge is -2.07. The second-order valence-electron chi connectivity index (χ2n) is 3.99. The largest absolute Gasteiger partial charge is 0.496 e. The SMILES string of the molecule is COc1ccccc1C(=O)CSc1ccc(Cl)c(Cl)c1. The second kappa shape index (κ2) is 7.02. The van der Waals surface area contributed by atoms with Crippen LogP contribution in [0.15, 0.2) is 47.4 Å². The molecule has 2 aromatic carbocycles. The van der Waals surface area contributed by atoms with E-state index in [0.29, 0.717) is 27.1 Å². The predicted octanol–water partition coefficient (Wildman–Crippen LogP) is 4.98. The smallest absolute Gasteiger partial charge is 0.176 e. The van der Waals surface area contributed by atoms with Crippen LogP contribution in [0.1, 0.15) is 10.4 Å². The van der Waals surface area contributed by atoms with E-state index in [1.165, 1.54) is 11.8 Å². The number of benzene rings is 2. The Balaban J connectivity index is 2.06. The first-order chi connectivity index (χ1) is 9.61. The van der Waals surface area contributed by atoms with Crippen molar-refractivity contribution in [2.24, 2.45) is 0 Å². The number of para-hydroxylation sites is 1. The molecular weight excluding hydrogens is 315 g/mol. The monoisotopic (exact) mass is 326 g/mol. The van der Waals surface area contributed by atoms with Gasteiger partial charge in [-0.15, -0.1) is 11.8 Å². The van der Waals surface area contributed by atoms with E-state index in [-0.39, 0.29) is 5.78 Å². The lowest BCUT2D eigenvalue weighted by Crippen LogP contribution is -2.04. The van der Waals surface area contributed by atoms with Gasteiger partial charge < -0.3 is 4.74 Å². The molecule has 0 saturated carbocycles. The van der Waals surface area contributed by atoms with E-state index in [9.17, 15) is 4.79 Å². The quantitative estimate of drug-likeness (QED) is 0.572. The third-order valence-electron chi connectivity index (χ3n) is 2.67. The van der Waals surface area contributed by atoms with Gasteiger partial charge in [-0.05, 0) is 30.3 Å². The molecule has 0 aromatic heterocycles. The molecule has 20 heavy (non-hydrogen) atoms. The first-order valence-electron chi connectivity index (χ1n) is 5.86. The highest BCUT2D eigenvalue weighted by atomic mass is 35.5. The van der Waals surface area contributed by atoms with Crippen molar-refractivity contribution in [2.75, 3.05) is 12.9 Å². The summed E-state index contributed by atoms with van der Waals surface area (Å²) in [6.07, 6.45) is 0. The van der Waals surface area contributed by atoms with Crippen molar-refractivity contribution in [2.45, 2.75) is 4.90 Å². The number of Topliss-reactive ketones (excluding diaryl/α,β-unsaturated/α-hetero) is 1. The van der Waals surface area contributed by atoms with Gasteiger partial charge in [0.2, 0.25) is 0 Å². The molecule has 0 atom stereocenters. The van der Waals surface area contributed by atoms with Crippen LogP contribution in [0.3, 0.4) is 0 Å². The van der Waals surface area contributed by atoms with Crippen LogP contribution in [0.4, 0.5) is 0 Å². The zero-order valence-corrected chi connectivity index (χ0v) is 13.1. The average molecular weight is 327 g/mol. The van der Waals surface area contributed by atoms with Gasteiger partial charge in [0.25, 0.3) is 0 Å². The van der Waals surface area contributed by atoms with Gasteiger partial charge in [0, 0.05) is 4.90 Å². The van der Waals surface area contributed by atoms with Crippen LogP contribution in [-0.4, -0.2) is 18.6 Å². The summed E-state index contributed by atoms with van der Waals surface area (Å²) in [6, 6.07) is 12.5. The van der Waals surface area contributed by atoms with E-state index in [1.807, 2.05) is 18.2 Å². The number of halogens is 2. The van der Waals surface area contributed by atoms with E-state index in [0.717, 1.165) is 4.90 Å². The molecule has 5 heteroatoms. The zero-order chi connectivity index (χ0) is 14.5. The standard InChI is InChI=1S/C15H12Cl2O2S/c1-19-15-5-3-2-4-11(15)14(18)9-20-10-6-7-12(16)13(17)8-10/h2-8H,9H2,1H3. The highest BCUT2D eigenvalue weighted by Gasteiger charge is 2.12. The van der Waals surface area contributed by atoms with Gasteiger partial charge in [0.05, 0.1) is 28.5 Å². The minimum Gasteiger partial charge on any atom is -0.496 e. The van der Waals surface area contributed by atoms with Crippen molar-refractivity contribution in [3.8, 4) is 5.75 Å². The van der Waals surface area contributed by atoms with Gasteiger partial charge in [0.15, 0.2) is 5.78 Å². The highest BCUT2D eigenvalue weighted by Crippen LogP contribution is 2.29. The fraction of sp³-hybridized carbons (Fsp3) is 0.133. The van der Waals surface area contributed by atoms with Crippen molar-refractivity contribution >= 4 is 40.7 Å². The van der Waals surface area contributed by atoms with E-state index in [4.69, 9.17) is 27.9 Å². The summed E-state index contributed by atoms with van der Waals surface area (Å²) in [4.78, 5) is 13.1. The topological polar surface area (TPSA) is 26.3 Å². The predicted molar refractivity (Wildman–Crippen MR) is 84.5 cm³/mol. The van der Waals surface area contributed by atoms with Gasteiger partial charge in [-0.1, -0.05) is 35.3 Å². The maximum absolute atomic E-state index is 12.2. The van der Waals surface area contributed by atoms with Crippen molar-refractivity contribution in [3.63, 3.8) is 0 Å². The summed E-state index contributed by atoms with van der Waals surface area (Å²) in [6.45, 7) is 0. The van der Waals surface area contributed by atoms with Crippen molar-refractivity contribution < 1.29 is 9.53 Å². The van der Waals surface area contributed by atoms with Crippen LogP contribution in [0, 0.1) is 0 Å². The Bertz CT molecular complexity index is 629. The second-order valence-corrected chi connectivity index (χ2v) is 5.85. The van der Waals surface area contributed by atoms with E-state index >= 15 is 0 Å². The van der Waals surface area contributed by atoms with Crippen LogP contribution in [0.5, 0.6) is 5.75 Å². The molecule has 0 spiro atoms. The van der Waals surface area contributed by atoms with Crippen LogP contribution in [0.2, 0.25) is 10.0 Å². The van der Waals surface area contributed by atoms with Crippen LogP contribution < -0.4 is 4.74 Å². The molecule has 0 amide bonds. The third-order valence-corrected chi connectivity index (χ3v) is 4.40. The fourth-order valence-electron chi connectivity index (χ4n) is 1.67. The molecule has 2 aromatic rings. The van der Waals surface area contributed by atoms with Crippen LogP contribution in [0.25, 0.3) is 0 Å². The number of hydrogen-bond donors (Lipinski definition) is 0. The van der Waals surface area contributed by atoms with E-state index in [2.05, 4.69) is 0 Å². The van der Waals surface area contributed by atoms with Crippen LogP contribution in [-0.2, 0) is 0 Å². The van der Waals surface area contributed by atoms with E-state index in [1.54, 1.807) is 31.4 Å². The minimum absolute atomic E-state index is 0.0125. The van der Waals surface area contributed by atoms with Crippen LogP contribution >= 0.6 is 35.0 Å². The van der Waals surface area contributed by atoms with Crippen molar-refractivity contribution in [3.05, 3.63) is 58.1 Å². The van der Waals surface area contributed by atoms with Gasteiger partial charge in [-0.2, -0.15) is 0 Å². The molecule has 0 heterocycles. The first kappa shape index (κ1) is 15.2. The molecule has 2 nitrogen and oxygen atoms in total. The molecule has 0 fully saturated rings. The maximum atomic E-state index is 12.2. The van der Waals surface area contributed by atoms with Crippen molar-refractivity contribution in [1.82, 2.24) is 0 Å².